The van der Waals surface area contributed by atoms with E-state index in [1.807, 2.05) is 52.0 Å². The summed E-state index contributed by atoms with van der Waals surface area (Å²) in [5.41, 5.74) is 2.04. The van der Waals surface area contributed by atoms with E-state index in [2.05, 4.69) is 15.5 Å². The Morgan fingerprint density at radius 1 is 1.24 bits per heavy atom. The van der Waals surface area contributed by atoms with Gasteiger partial charge >= 0.3 is 0 Å². The molecule has 0 aliphatic rings. The molecular formula is C16H21N3O2. The number of amides is 1. The number of hydrogen-bond acceptors (Lipinski definition) is 4. The van der Waals surface area contributed by atoms with Gasteiger partial charge in [0.1, 0.15) is 0 Å². The Kier molecular flexibility index (Phi) is 4.40. The second-order valence-corrected chi connectivity index (χ2v) is 6.39. The molecule has 0 fully saturated rings. The van der Waals surface area contributed by atoms with E-state index in [-0.39, 0.29) is 17.9 Å². The monoisotopic (exact) mass is 287 g/mol. The van der Waals surface area contributed by atoms with Crippen molar-refractivity contribution >= 4 is 5.91 Å². The molecule has 0 saturated heterocycles. The second-order valence-electron chi connectivity index (χ2n) is 6.39. The van der Waals surface area contributed by atoms with E-state index in [4.69, 9.17) is 4.52 Å². The van der Waals surface area contributed by atoms with Gasteiger partial charge < -0.3 is 9.84 Å². The lowest BCUT2D eigenvalue weighted by molar-refractivity contribution is -0.123. The van der Waals surface area contributed by atoms with Gasteiger partial charge in [0.05, 0.1) is 6.54 Å². The molecule has 2 rings (SSSR count). The van der Waals surface area contributed by atoms with Gasteiger partial charge in [-0.2, -0.15) is 4.98 Å². The summed E-state index contributed by atoms with van der Waals surface area (Å²) in [4.78, 5) is 16.0. The number of nitrogens with one attached hydrogen (secondary N) is 1. The van der Waals surface area contributed by atoms with Gasteiger partial charge in [0.15, 0.2) is 0 Å². The van der Waals surface area contributed by atoms with Gasteiger partial charge in [0.25, 0.3) is 0 Å². The third kappa shape index (κ3) is 4.70. The SMILES string of the molecule is Cc1ccc(-c2noc(CNC(=O)CC(C)(C)C)n2)cc1. The number of rotatable bonds is 4. The van der Waals surface area contributed by atoms with E-state index in [9.17, 15) is 4.79 Å². The Labute approximate surface area is 124 Å². The minimum atomic E-state index is -0.0357. The Bertz CT molecular complexity index is 609. The Hall–Kier alpha value is -2.17. The lowest BCUT2D eigenvalue weighted by Crippen LogP contribution is -2.27. The van der Waals surface area contributed by atoms with E-state index in [0.717, 1.165) is 5.56 Å². The van der Waals surface area contributed by atoms with Gasteiger partial charge in [-0.15, -0.1) is 0 Å². The van der Waals surface area contributed by atoms with Gasteiger partial charge in [-0.05, 0) is 12.3 Å². The molecule has 2 aromatic rings. The molecule has 0 aliphatic carbocycles. The van der Waals surface area contributed by atoms with E-state index >= 15 is 0 Å². The predicted octanol–water partition coefficient (Wildman–Crippen LogP) is 3.10. The van der Waals surface area contributed by atoms with Crippen LogP contribution < -0.4 is 5.32 Å². The largest absolute Gasteiger partial charge is 0.347 e. The first-order valence-electron chi connectivity index (χ1n) is 7.00. The van der Waals surface area contributed by atoms with Crippen molar-refractivity contribution in [3.8, 4) is 11.4 Å². The first-order chi connectivity index (χ1) is 9.83. The number of carbonyl (C=O) groups is 1. The molecule has 0 spiro atoms. The Balaban J connectivity index is 1.94. The van der Waals surface area contributed by atoms with Crippen LogP contribution in [0.1, 0.15) is 38.6 Å². The Morgan fingerprint density at radius 2 is 1.90 bits per heavy atom. The molecule has 5 nitrogen and oxygen atoms in total. The van der Waals surface area contributed by atoms with Crippen molar-refractivity contribution in [3.63, 3.8) is 0 Å². The molecule has 0 radical (unpaired) electrons. The van der Waals surface area contributed by atoms with Crippen molar-refractivity contribution in [3.05, 3.63) is 35.7 Å². The topological polar surface area (TPSA) is 68.0 Å². The van der Waals surface area contributed by atoms with Crippen molar-refractivity contribution in [2.45, 2.75) is 40.7 Å². The van der Waals surface area contributed by atoms with Crippen LogP contribution >= 0.6 is 0 Å². The standard InChI is InChI=1S/C16H21N3O2/c1-11-5-7-12(8-6-11)15-18-14(21-19-15)10-17-13(20)9-16(2,3)4/h5-8H,9-10H2,1-4H3,(H,17,20). The fourth-order valence-corrected chi connectivity index (χ4v) is 1.86. The summed E-state index contributed by atoms with van der Waals surface area (Å²) < 4.78 is 5.15. The van der Waals surface area contributed by atoms with Gasteiger partial charge in [0.2, 0.25) is 17.6 Å². The summed E-state index contributed by atoms with van der Waals surface area (Å²) in [6.45, 7) is 8.35. The van der Waals surface area contributed by atoms with E-state index in [1.54, 1.807) is 0 Å². The fourth-order valence-electron chi connectivity index (χ4n) is 1.86. The van der Waals surface area contributed by atoms with E-state index in [1.165, 1.54) is 5.56 Å². The zero-order chi connectivity index (χ0) is 15.5. The van der Waals surface area contributed by atoms with Crippen LogP contribution in [0.15, 0.2) is 28.8 Å². The number of hydrogen-bond donors (Lipinski definition) is 1. The highest BCUT2D eigenvalue weighted by atomic mass is 16.5. The summed E-state index contributed by atoms with van der Waals surface area (Å²) >= 11 is 0. The van der Waals surface area contributed by atoms with Crippen LogP contribution in [0.25, 0.3) is 11.4 Å². The molecule has 5 heteroatoms. The van der Waals surface area contributed by atoms with Crippen molar-refractivity contribution in [1.29, 1.82) is 0 Å². The van der Waals surface area contributed by atoms with Crippen molar-refractivity contribution < 1.29 is 9.32 Å². The zero-order valence-electron chi connectivity index (χ0n) is 12.9. The zero-order valence-corrected chi connectivity index (χ0v) is 12.9. The Morgan fingerprint density at radius 3 is 2.52 bits per heavy atom. The lowest BCUT2D eigenvalue weighted by atomic mass is 9.92. The van der Waals surface area contributed by atoms with Gasteiger partial charge in [-0.25, -0.2) is 0 Å². The van der Waals surface area contributed by atoms with Crippen molar-refractivity contribution in [2.75, 3.05) is 0 Å². The summed E-state index contributed by atoms with van der Waals surface area (Å²) in [6.07, 6.45) is 0.464. The summed E-state index contributed by atoms with van der Waals surface area (Å²) in [6, 6.07) is 7.89. The summed E-state index contributed by atoms with van der Waals surface area (Å²) in [7, 11) is 0. The maximum absolute atomic E-state index is 11.7. The minimum Gasteiger partial charge on any atom is -0.347 e. The van der Waals surface area contributed by atoms with Gasteiger partial charge in [-0.3, -0.25) is 4.79 Å². The number of nitrogens with zero attached hydrogens (tertiary/aromatic N) is 2. The average Bonchev–Trinajstić information content (AvgIpc) is 2.84. The van der Waals surface area contributed by atoms with Gasteiger partial charge in [-0.1, -0.05) is 55.8 Å². The number of aryl methyl sites for hydroxylation is 1. The molecular weight excluding hydrogens is 266 g/mol. The summed E-state index contributed by atoms with van der Waals surface area (Å²) in [5, 5.41) is 6.73. The van der Waals surface area contributed by atoms with Crippen LogP contribution in [0.2, 0.25) is 0 Å². The van der Waals surface area contributed by atoms with Crippen LogP contribution in [-0.2, 0) is 11.3 Å². The van der Waals surface area contributed by atoms with Crippen LogP contribution in [0.3, 0.4) is 0 Å². The quantitative estimate of drug-likeness (QED) is 0.938. The fraction of sp³-hybridized carbons (Fsp3) is 0.438. The van der Waals surface area contributed by atoms with E-state index < -0.39 is 0 Å². The van der Waals surface area contributed by atoms with Crippen molar-refractivity contribution in [1.82, 2.24) is 15.5 Å². The molecule has 0 saturated carbocycles. The smallest absolute Gasteiger partial charge is 0.246 e. The third-order valence-corrected chi connectivity index (χ3v) is 2.91. The molecule has 0 atom stereocenters. The highest BCUT2D eigenvalue weighted by Crippen LogP contribution is 2.18. The molecule has 0 bridgehead atoms. The normalized spacial score (nSPS) is 11.4. The average molecular weight is 287 g/mol. The molecule has 112 valence electrons. The first-order valence-corrected chi connectivity index (χ1v) is 7.00. The molecule has 21 heavy (non-hydrogen) atoms. The summed E-state index contributed by atoms with van der Waals surface area (Å²) in [5.74, 6) is 0.931. The third-order valence-electron chi connectivity index (χ3n) is 2.91. The maximum Gasteiger partial charge on any atom is 0.246 e. The van der Waals surface area contributed by atoms with Gasteiger partial charge in [0, 0.05) is 12.0 Å². The van der Waals surface area contributed by atoms with Crippen LogP contribution in [0.4, 0.5) is 0 Å². The minimum absolute atomic E-state index is 0.0161. The predicted molar refractivity (Wildman–Crippen MR) is 80.4 cm³/mol. The molecule has 0 unspecified atom stereocenters. The maximum atomic E-state index is 11.7. The molecule has 1 heterocycles. The molecule has 1 amide bonds. The first kappa shape index (κ1) is 15.2. The molecule has 0 aliphatic heterocycles. The van der Waals surface area contributed by atoms with Crippen LogP contribution in [0, 0.1) is 12.3 Å². The second kappa shape index (κ2) is 6.08. The number of benzene rings is 1. The molecule has 1 N–H and O–H groups in total. The molecule has 1 aromatic carbocycles. The highest BCUT2D eigenvalue weighted by Gasteiger charge is 2.16. The highest BCUT2D eigenvalue weighted by molar-refractivity contribution is 5.76. The lowest BCUT2D eigenvalue weighted by Gasteiger charge is -2.16. The number of aromatic nitrogens is 2. The van der Waals surface area contributed by atoms with E-state index in [0.29, 0.717) is 18.1 Å². The number of carbonyl (C=O) groups excluding carboxylic acids is 1. The van der Waals surface area contributed by atoms with Crippen LogP contribution in [0.5, 0.6) is 0 Å². The van der Waals surface area contributed by atoms with Crippen LogP contribution in [-0.4, -0.2) is 16.0 Å². The van der Waals surface area contributed by atoms with Crippen molar-refractivity contribution in [2.24, 2.45) is 5.41 Å². The molecule has 1 aromatic heterocycles.